The zero-order valence-electron chi connectivity index (χ0n) is 19.6. The second-order valence-electron chi connectivity index (χ2n) is 8.33. The number of fused-ring (bicyclic) bond motifs is 1. The fourth-order valence-corrected chi connectivity index (χ4v) is 4.61. The van der Waals surface area contributed by atoms with Crippen LogP contribution in [0.3, 0.4) is 0 Å². The number of hydrogen-bond donors (Lipinski definition) is 1. The fraction of sp³-hybridized carbons (Fsp3) is 0.519. The highest BCUT2D eigenvalue weighted by molar-refractivity contribution is 6.32. The predicted molar refractivity (Wildman–Crippen MR) is 131 cm³/mol. The van der Waals surface area contributed by atoms with Gasteiger partial charge in [-0.25, -0.2) is 4.79 Å². The van der Waals surface area contributed by atoms with Gasteiger partial charge in [0.05, 0.1) is 18.2 Å². The molecule has 33 heavy (non-hydrogen) atoms. The quantitative estimate of drug-likeness (QED) is 0.415. The Bertz CT molecular complexity index is 907. The van der Waals surface area contributed by atoms with E-state index < -0.39 is 12.1 Å². The van der Waals surface area contributed by atoms with Crippen molar-refractivity contribution in [3.05, 3.63) is 52.5 Å². The Morgan fingerprint density at radius 3 is 2.52 bits per heavy atom. The largest absolute Gasteiger partial charge is 0.493 e. The number of hydrogen-bond acceptors (Lipinski definition) is 4. The molecule has 0 saturated heterocycles. The predicted octanol–water partition coefficient (Wildman–Crippen LogP) is 7.04. The summed E-state index contributed by atoms with van der Waals surface area (Å²) >= 11 is 6.45. The minimum absolute atomic E-state index is 0.485. The van der Waals surface area contributed by atoms with Crippen molar-refractivity contribution in [1.82, 2.24) is 0 Å². The summed E-state index contributed by atoms with van der Waals surface area (Å²) in [5, 5.41) is 9.82. The second-order valence-corrected chi connectivity index (χ2v) is 8.74. The third-order valence-electron chi connectivity index (χ3n) is 6.11. The number of halogens is 1. The average molecular weight is 475 g/mol. The van der Waals surface area contributed by atoms with Crippen LogP contribution in [0.25, 0.3) is 0 Å². The van der Waals surface area contributed by atoms with Crippen molar-refractivity contribution < 1.29 is 24.1 Å². The highest BCUT2D eigenvalue weighted by atomic mass is 35.5. The summed E-state index contributed by atoms with van der Waals surface area (Å²) in [6.07, 6.45) is 7.55. The van der Waals surface area contributed by atoms with Crippen molar-refractivity contribution in [3.8, 4) is 17.2 Å². The van der Waals surface area contributed by atoms with Gasteiger partial charge < -0.3 is 19.3 Å². The Morgan fingerprint density at radius 2 is 1.79 bits per heavy atom. The Hall–Kier alpha value is -2.40. The summed E-state index contributed by atoms with van der Waals surface area (Å²) in [6, 6.07) is 11.8. The van der Waals surface area contributed by atoms with E-state index in [1.54, 1.807) is 6.07 Å². The van der Waals surface area contributed by atoms with E-state index in [-0.39, 0.29) is 0 Å². The van der Waals surface area contributed by atoms with E-state index in [1.165, 1.54) is 37.7 Å². The third-order valence-corrected chi connectivity index (χ3v) is 6.40. The molecule has 0 radical (unpaired) electrons. The molecular formula is C27H35ClO5. The molecule has 1 unspecified atom stereocenters. The van der Waals surface area contributed by atoms with Gasteiger partial charge >= 0.3 is 5.97 Å². The SMILES string of the molecule is CC.O=C(O)C1CCc2ccc(OCCCOc3ccc(C4CCCCC4)cc3Cl)cc2O1. The number of ether oxygens (including phenoxy) is 3. The van der Waals surface area contributed by atoms with E-state index in [0.29, 0.717) is 60.7 Å². The van der Waals surface area contributed by atoms with Gasteiger partial charge in [-0.1, -0.05) is 56.8 Å². The van der Waals surface area contributed by atoms with E-state index in [0.717, 1.165) is 5.56 Å². The molecule has 0 aromatic heterocycles. The van der Waals surface area contributed by atoms with E-state index in [2.05, 4.69) is 12.1 Å². The van der Waals surface area contributed by atoms with E-state index >= 15 is 0 Å². The Morgan fingerprint density at radius 1 is 1.03 bits per heavy atom. The lowest BCUT2D eigenvalue weighted by Crippen LogP contribution is -2.30. The zero-order chi connectivity index (χ0) is 23.6. The maximum atomic E-state index is 11.2. The molecule has 1 heterocycles. The lowest BCUT2D eigenvalue weighted by Gasteiger charge is -2.23. The van der Waals surface area contributed by atoms with Gasteiger partial charge in [-0.3, -0.25) is 0 Å². The fourth-order valence-electron chi connectivity index (χ4n) is 4.37. The number of aliphatic carboxylic acids is 1. The molecule has 1 saturated carbocycles. The molecule has 2 aromatic rings. The van der Waals surface area contributed by atoms with Crippen LogP contribution in [0.2, 0.25) is 5.02 Å². The van der Waals surface area contributed by atoms with E-state index in [9.17, 15) is 4.79 Å². The highest BCUT2D eigenvalue weighted by Gasteiger charge is 2.25. The molecule has 0 bridgehead atoms. The smallest absolute Gasteiger partial charge is 0.344 e. The summed E-state index contributed by atoms with van der Waals surface area (Å²) in [4.78, 5) is 11.2. The summed E-state index contributed by atoms with van der Waals surface area (Å²) in [6.45, 7) is 4.99. The van der Waals surface area contributed by atoms with Gasteiger partial charge in [0.2, 0.25) is 0 Å². The van der Waals surface area contributed by atoms with Crippen LogP contribution in [0.1, 0.15) is 75.8 Å². The maximum Gasteiger partial charge on any atom is 0.344 e. The standard InChI is InChI=1S/C25H29ClO5.C2H6/c26-21-15-19(17-5-2-1-3-6-17)9-11-22(21)30-14-4-13-29-20-10-7-18-8-12-23(25(27)28)31-24(18)16-20;1-2/h7,9-11,15-17,23H,1-6,8,12-14H2,(H,27,28);1-2H3. The van der Waals surface area contributed by atoms with E-state index in [1.807, 2.05) is 32.0 Å². The van der Waals surface area contributed by atoms with Gasteiger partial charge in [0.15, 0.2) is 6.10 Å². The maximum absolute atomic E-state index is 11.2. The van der Waals surface area contributed by atoms with E-state index in [4.69, 9.17) is 30.9 Å². The molecule has 1 N–H and O–H groups in total. The number of rotatable bonds is 8. The molecule has 180 valence electrons. The molecular weight excluding hydrogens is 440 g/mol. The summed E-state index contributed by atoms with van der Waals surface area (Å²) < 4.78 is 17.2. The third kappa shape index (κ3) is 7.04. The summed E-state index contributed by atoms with van der Waals surface area (Å²) in [5.74, 6) is 1.67. The van der Waals surface area contributed by atoms with Crippen LogP contribution in [0.15, 0.2) is 36.4 Å². The number of aryl methyl sites for hydroxylation is 1. The van der Waals surface area contributed by atoms with Gasteiger partial charge in [-0.15, -0.1) is 0 Å². The van der Waals surface area contributed by atoms with Crippen LogP contribution < -0.4 is 14.2 Å². The van der Waals surface area contributed by atoms with Crippen LogP contribution in [-0.2, 0) is 11.2 Å². The minimum Gasteiger partial charge on any atom is -0.493 e. The minimum atomic E-state index is -0.931. The summed E-state index contributed by atoms with van der Waals surface area (Å²) in [5.41, 5.74) is 2.33. The molecule has 5 nitrogen and oxygen atoms in total. The molecule has 1 aliphatic carbocycles. The monoisotopic (exact) mass is 474 g/mol. The van der Waals surface area contributed by atoms with Crippen molar-refractivity contribution in [2.45, 2.75) is 77.2 Å². The van der Waals surface area contributed by atoms with Gasteiger partial charge in [0.1, 0.15) is 17.2 Å². The number of benzene rings is 2. The lowest BCUT2D eigenvalue weighted by molar-refractivity contribution is -0.145. The number of carboxylic acid groups (broad SMARTS) is 1. The molecule has 1 aliphatic heterocycles. The summed E-state index contributed by atoms with van der Waals surface area (Å²) in [7, 11) is 0. The number of carboxylic acids is 1. The average Bonchev–Trinajstić information content (AvgIpc) is 2.86. The Balaban J connectivity index is 0.00000149. The molecule has 0 spiro atoms. The van der Waals surface area contributed by atoms with Gasteiger partial charge in [-0.2, -0.15) is 0 Å². The van der Waals surface area contributed by atoms with Gasteiger partial charge in [0.25, 0.3) is 0 Å². The van der Waals surface area contributed by atoms with Crippen molar-refractivity contribution in [3.63, 3.8) is 0 Å². The topological polar surface area (TPSA) is 65.0 Å². The van der Waals surface area contributed by atoms with Crippen LogP contribution in [0, 0.1) is 0 Å². The molecule has 4 rings (SSSR count). The molecule has 2 aliphatic rings. The van der Waals surface area contributed by atoms with Gasteiger partial charge in [0, 0.05) is 12.5 Å². The van der Waals surface area contributed by atoms with Crippen LogP contribution >= 0.6 is 11.6 Å². The van der Waals surface area contributed by atoms with Crippen LogP contribution in [0.4, 0.5) is 0 Å². The number of carbonyl (C=O) groups is 1. The molecule has 1 atom stereocenters. The van der Waals surface area contributed by atoms with Crippen molar-refractivity contribution >= 4 is 17.6 Å². The Kier molecular flexibility index (Phi) is 9.74. The van der Waals surface area contributed by atoms with Crippen molar-refractivity contribution in [2.24, 2.45) is 0 Å². The first-order valence-electron chi connectivity index (χ1n) is 12.2. The normalized spacial score (nSPS) is 17.7. The van der Waals surface area contributed by atoms with Crippen LogP contribution in [-0.4, -0.2) is 30.4 Å². The molecule has 0 amide bonds. The second kappa shape index (κ2) is 12.7. The Labute approximate surface area is 202 Å². The first-order chi connectivity index (χ1) is 16.1. The highest BCUT2D eigenvalue weighted by Crippen LogP contribution is 2.36. The molecule has 1 fully saturated rings. The first kappa shape index (κ1) is 25.2. The van der Waals surface area contributed by atoms with Crippen molar-refractivity contribution in [2.75, 3.05) is 13.2 Å². The lowest BCUT2D eigenvalue weighted by atomic mass is 9.84. The van der Waals surface area contributed by atoms with Gasteiger partial charge in [-0.05, 0) is 60.9 Å². The molecule has 6 heteroatoms. The molecule has 2 aromatic carbocycles. The zero-order valence-corrected chi connectivity index (χ0v) is 20.4. The van der Waals surface area contributed by atoms with Crippen molar-refractivity contribution in [1.29, 1.82) is 0 Å². The first-order valence-corrected chi connectivity index (χ1v) is 12.6. The van der Waals surface area contributed by atoms with Crippen LogP contribution in [0.5, 0.6) is 17.2 Å².